The number of aromatic nitrogens is 2. The molecule has 5 aliphatic rings. The first-order valence-electron chi connectivity index (χ1n) is 9.08. The molecule has 4 bridgehead atoms. The van der Waals surface area contributed by atoms with E-state index in [-0.39, 0.29) is 0 Å². The summed E-state index contributed by atoms with van der Waals surface area (Å²) in [4.78, 5) is 4.84. The van der Waals surface area contributed by atoms with Crippen LogP contribution in [0.2, 0.25) is 0 Å². The van der Waals surface area contributed by atoms with Crippen LogP contribution in [0.4, 0.5) is 0 Å². The van der Waals surface area contributed by atoms with E-state index in [1.54, 1.807) is 32.1 Å². The third-order valence-electron chi connectivity index (χ3n) is 6.83. The van der Waals surface area contributed by atoms with Crippen LogP contribution in [0, 0.1) is 29.6 Å². The molecule has 2 heterocycles. The van der Waals surface area contributed by atoms with Gasteiger partial charge < -0.3 is 5.43 Å². The number of aryl methyl sites for hydroxylation is 1. The first kappa shape index (κ1) is 12.5. The van der Waals surface area contributed by atoms with Crippen LogP contribution in [-0.4, -0.2) is 15.7 Å². The largest absolute Gasteiger partial charge is 0.321 e. The first-order chi connectivity index (χ1) is 10.2. The second kappa shape index (κ2) is 4.50. The van der Waals surface area contributed by atoms with Gasteiger partial charge in [0.2, 0.25) is 0 Å². The Morgan fingerprint density at radius 3 is 2.52 bits per heavy atom. The van der Waals surface area contributed by atoms with Gasteiger partial charge in [-0.3, -0.25) is 4.68 Å². The maximum absolute atomic E-state index is 4.84. The van der Waals surface area contributed by atoms with Crippen molar-refractivity contribution in [2.24, 2.45) is 29.6 Å². The Morgan fingerprint density at radius 1 is 1.14 bits per heavy atom. The molecule has 3 nitrogen and oxygen atoms in total. The van der Waals surface area contributed by atoms with Crippen molar-refractivity contribution in [3.63, 3.8) is 0 Å². The Kier molecular flexibility index (Phi) is 2.69. The molecule has 1 N–H and O–H groups in total. The fourth-order valence-electron chi connectivity index (χ4n) is 6.23. The Labute approximate surface area is 127 Å². The van der Waals surface area contributed by atoms with E-state index in [2.05, 4.69) is 23.2 Å². The van der Waals surface area contributed by atoms with E-state index in [1.165, 1.54) is 24.4 Å². The molecule has 1 atom stereocenters. The van der Waals surface area contributed by atoms with Gasteiger partial charge in [0.1, 0.15) is 5.82 Å². The minimum Gasteiger partial charge on any atom is -0.321 e. The average Bonchev–Trinajstić information content (AvgIpc) is 2.93. The molecule has 6 rings (SSSR count). The summed E-state index contributed by atoms with van der Waals surface area (Å²) in [6.45, 7) is 2.23. The maximum Gasteiger partial charge on any atom is 0.129 e. The summed E-state index contributed by atoms with van der Waals surface area (Å²) >= 11 is 0. The van der Waals surface area contributed by atoms with Crippen LogP contribution >= 0.6 is 0 Å². The second-order valence-electron chi connectivity index (χ2n) is 8.39. The van der Waals surface area contributed by atoms with Gasteiger partial charge in [0.15, 0.2) is 0 Å². The van der Waals surface area contributed by atoms with Crippen LogP contribution in [0.5, 0.6) is 0 Å². The highest BCUT2D eigenvalue weighted by atomic mass is 15.5. The number of nitrogens with one attached hydrogen (secondary N) is 1. The van der Waals surface area contributed by atoms with Crippen molar-refractivity contribution in [3.8, 4) is 0 Å². The summed E-state index contributed by atoms with van der Waals surface area (Å²) in [6.07, 6.45) is 13.7. The topological polar surface area (TPSA) is 29.9 Å². The van der Waals surface area contributed by atoms with Gasteiger partial charge in [-0.15, -0.1) is 0 Å². The standard InChI is InChI=1S/C18H27N3/c1-11-4-18-19-16(10-21(18)20-11)2-3-17-14-6-12-5-13(8-14)9-15(17)7-12/h10-15,17,20H,2-9H2,1H3. The van der Waals surface area contributed by atoms with Gasteiger partial charge >= 0.3 is 0 Å². The van der Waals surface area contributed by atoms with Gasteiger partial charge in [0, 0.05) is 18.7 Å². The van der Waals surface area contributed by atoms with Crippen LogP contribution in [0.25, 0.3) is 0 Å². The first-order valence-corrected chi connectivity index (χ1v) is 9.08. The number of imidazole rings is 1. The summed E-state index contributed by atoms with van der Waals surface area (Å²) < 4.78 is 2.16. The summed E-state index contributed by atoms with van der Waals surface area (Å²) in [5, 5.41) is 0. The zero-order chi connectivity index (χ0) is 14.0. The molecule has 0 spiro atoms. The summed E-state index contributed by atoms with van der Waals surface area (Å²) in [6, 6.07) is 0.547. The van der Waals surface area contributed by atoms with E-state index in [9.17, 15) is 0 Å². The Balaban J connectivity index is 1.26. The smallest absolute Gasteiger partial charge is 0.129 e. The Hall–Kier alpha value is -0.990. The highest BCUT2D eigenvalue weighted by Gasteiger charge is 2.47. The van der Waals surface area contributed by atoms with Crippen LogP contribution in [0.3, 0.4) is 0 Å². The van der Waals surface area contributed by atoms with E-state index < -0.39 is 0 Å². The molecule has 4 fully saturated rings. The molecule has 21 heavy (non-hydrogen) atoms. The number of nitrogens with zero attached hydrogens (tertiary/aromatic N) is 2. The van der Waals surface area contributed by atoms with Gasteiger partial charge in [-0.05, 0) is 81.5 Å². The molecule has 4 saturated carbocycles. The van der Waals surface area contributed by atoms with E-state index in [0.29, 0.717) is 6.04 Å². The van der Waals surface area contributed by atoms with Gasteiger partial charge in [0.05, 0.1) is 5.69 Å². The molecule has 0 saturated heterocycles. The molecular weight excluding hydrogens is 258 g/mol. The molecule has 1 aromatic heterocycles. The molecule has 0 radical (unpaired) electrons. The molecular formula is C18H27N3. The predicted octanol–water partition coefficient (Wildman–Crippen LogP) is 3.38. The van der Waals surface area contributed by atoms with E-state index in [4.69, 9.17) is 4.98 Å². The van der Waals surface area contributed by atoms with Crippen molar-refractivity contribution in [1.29, 1.82) is 0 Å². The summed E-state index contributed by atoms with van der Waals surface area (Å²) in [5.41, 5.74) is 4.78. The number of hydrogen-bond donors (Lipinski definition) is 1. The molecule has 4 aliphatic carbocycles. The zero-order valence-corrected chi connectivity index (χ0v) is 13.1. The van der Waals surface area contributed by atoms with Crippen molar-refractivity contribution < 1.29 is 0 Å². The van der Waals surface area contributed by atoms with Crippen LogP contribution in [0.1, 0.15) is 57.0 Å². The average molecular weight is 285 g/mol. The molecule has 0 amide bonds. The third-order valence-corrected chi connectivity index (χ3v) is 6.83. The van der Waals surface area contributed by atoms with E-state index >= 15 is 0 Å². The summed E-state index contributed by atoms with van der Waals surface area (Å²) in [5.74, 6) is 6.59. The van der Waals surface area contributed by atoms with Crippen LogP contribution in [0.15, 0.2) is 6.20 Å². The Morgan fingerprint density at radius 2 is 1.86 bits per heavy atom. The van der Waals surface area contributed by atoms with Gasteiger partial charge in [0.25, 0.3) is 0 Å². The number of hydrogen-bond acceptors (Lipinski definition) is 2. The number of fused-ring (bicyclic) bond motifs is 1. The van der Waals surface area contributed by atoms with Gasteiger partial charge in [-0.1, -0.05) is 0 Å². The lowest BCUT2D eigenvalue weighted by Crippen LogP contribution is -2.45. The molecule has 1 aromatic rings. The van der Waals surface area contributed by atoms with Crippen molar-refractivity contribution in [3.05, 3.63) is 17.7 Å². The molecule has 1 aliphatic heterocycles. The minimum absolute atomic E-state index is 0.547. The molecule has 1 unspecified atom stereocenters. The predicted molar refractivity (Wildman–Crippen MR) is 83.6 cm³/mol. The molecule has 0 aromatic carbocycles. The lowest BCUT2D eigenvalue weighted by atomic mass is 9.51. The third kappa shape index (κ3) is 2.03. The lowest BCUT2D eigenvalue weighted by Gasteiger charge is -2.54. The van der Waals surface area contributed by atoms with Crippen molar-refractivity contribution >= 4 is 0 Å². The van der Waals surface area contributed by atoms with Gasteiger partial charge in [-0.25, -0.2) is 4.98 Å². The monoisotopic (exact) mass is 285 g/mol. The van der Waals surface area contributed by atoms with Crippen LogP contribution < -0.4 is 5.43 Å². The summed E-state index contributed by atoms with van der Waals surface area (Å²) in [7, 11) is 0. The lowest BCUT2D eigenvalue weighted by molar-refractivity contribution is -0.0394. The van der Waals surface area contributed by atoms with Crippen molar-refractivity contribution in [1.82, 2.24) is 9.66 Å². The van der Waals surface area contributed by atoms with Crippen molar-refractivity contribution in [2.75, 3.05) is 5.43 Å². The Bertz CT molecular complexity index is 495. The highest BCUT2D eigenvalue weighted by molar-refractivity contribution is 5.13. The normalized spacial score (nSPS) is 43.1. The fourth-order valence-corrected chi connectivity index (χ4v) is 6.23. The van der Waals surface area contributed by atoms with Crippen LogP contribution in [-0.2, 0) is 12.8 Å². The van der Waals surface area contributed by atoms with Gasteiger partial charge in [-0.2, -0.15) is 0 Å². The zero-order valence-electron chi connectivity index (χ0n) is 13.1. The van der Waals surface area contributed by atoms with E-state index in [0.717, 1.165) is 36.0 Å². The SMILES string of the molecule is CC1Cc2nc(CCC3C4CC5CC(C4)CC3C5)cn2N1. The molecule has 114 valence electrons. The highest BCUT2D eigenvalue weighted by Crippen LogP contribution is 2.57. The maximum atomic E-state index is 4.84. The second-order valence-corrected chi connectivity index (χ2v) is 8.39. The number of rotatable bonds is 3. The van der Waals surface area contributed by atoms with E-state index in [1.807, 2.05) is 0 Å². The minimum atomic E-state index is 0.547. The quantitative estimate of drug-likeness (QED) is 0.922. The fraction of sp³-hybridized carbons (Fsp3) is 0.833. The molecule has 3 heteroatoms. The van der Waals surface area contributed by atoms with Crippen molar-refractivity contribution in [2.45, 2.75) is 64.3 Å².